The van der Waals surface area contributed by atoms with Crippen LogP contribution in [0.2, 0.25) is 0 Å². The van der Waals surface area contributed by atoms with Crippen LogP contribution in [0.3, 0.4) is 0 Å². The first kappa shape index (κ1) is 18.2. The molecule has 0 aromatic carbocycles. The van der Waals surface area contributed by atoms with Gasteiger partial charge in [-0.2, -0.15) is 5.26 Å². The third-order valence-electron chi connectivity index (χ3n) is 3.07. The summed E-state index contributed by atoms with van der Waals surface area (Å²) < 4.78 is 0. The van der Waals surface area contributed by atoms with E-state index in [-0.39, 0.29) is 29.1 Å². The van der Waals surface area contributed by atoms with Crippen LogP contribution >= 0.6 is 11.8 Å². The monoisotopic (exact) mass is 321 g/mol. The Morgan fingerprint density at radius 2 is 2.18 bits per heavy atom. The highest BCUT2D eigenvalue weighted by Crippen LogP contribution is 2.15. The molecule has 0 bridgehead atoms. The summed E-state index contributed by atoms with van der Waals surface area (Å²) in [4.78, 5) is 19.9. The number of nitriles is 1. The van der Waals surface area contributed by atoms with Gasteiger partial charge in [-0.15, -0.1) is 0 Å². The fourth-order valence-electron chi connectivity index (χ4n) is 1.88. The van der Waals surface area contributed by atoms with E-state index in [2.05, 4.69) is 29.1 Å². The molecule has 0 saturated heterocycles. The van der Waals surface area contributed by atoms with E-state index in [9.17, 15) is 4.79 Å². The summed E-state index contributed by atoms with van der Waals surface area (Å²) in [7, 11) is 0. The molecule has 1 rings (SSSR count). The molecule has 1 aromatic heterocycles. The summed E-state index contributed by atoms with van der Waals surface area (Å²) in [6.45, 7) is 6.41. The fourth-order valence-corrected chi connectivity index (χ4v) is 2.52. The van der Waals surface area contributed by atoms with Crippen molar-refractivity contribution in [3.63, 3.8) is 0 Å². The van der Waals surface area contributed by atoms with Crippen molar-refractivity contribution in [3.05, 3.63) is 11.8 Å². The summed E-state index contributed by atoms with van der Waals surface area (Å²) in [5.74, 6) is 1.02. The lowest BCUT2D eigenvalue weighted by molar-refractivity contribution is -0.119. The van der Waals surface area contributed by atoms with Crippen LogP contribution in [0.4, 0.5) is 5.82 Å². The van der Waals surface area contributed by atoms with Gasteiger partial charge in [0.05, 0.1) is 11.9 Å². The number of anilines is 1. The molecule has 0 aliphatic heterocycles. The minimum absolute atomic E-state index is 0.0476. The van der Waals surface area contributed by atoms with Gasteiger partial charge in [0.1, 0.15) is 17.5 Å². The lowest BCUT2D eigenvalue weighted by Crippen LogP contribution is -2.33. The van der Waals surface area contributed by atoms with Gasteiger partial charge in [-0.1, -0.05) is 38.5 Å². The van der Waals surface area contributed by atoms with E-state index in [0.717, 1.165) is 12.8 Å². The van der Waals surface area contributed by atoms with Gasteiger partial charge in [0.15, 0.2) is 5.16 Å². The number of nitrogens with one attached hydrogen (secondary N) is 1. The Bertz CT molecular complexity index is 541. The van der Waals surface area contributed by atoms with E-state index in [0.29, 0.717) is 11.1 Å². The largest absolute Gasteiger partial charge is 0.382 e. The normalized spacial score (nSPS) is 12.0. The van der Waals surface area contributed by atoms with Gasteiger partial charge < -0.3 is 11.1 Å². The number of nitrogen functional groups attached to an aromatic ring is 1. The molecule has 1 amide bonds. The summed E-state index contributed by atoms with van der Waals surface area (Å²) >= 11 is 1.21. The number of carbonyl (C=O) groups excluding carboxylic acids is 1. The number of carbonyl (C=O) groups is 1. The fraction of sp³-hybridized carbons (Fsp3) is 0.600. The second-order valence-corrected chi connectivity index (χ2v) is 6.59. The van der Waals surface area contributed by atoms with Crippen LogP contribution in [0.25, 0.3) is 0 Å². The maximum absolute atomic E-state index is 11.9. The Balaban J connectivity index is 2.34. The van der Waals surface area contributed by atoms with E-state index >= 15 is 0 Å². The Morgan fingerprint density at radius 1 is 1.45 bits per heavy atom. The molecule has 0 saturated carbocycles. The van der Waals surface area contributed by atoms with Crippen molar-refractivity contribution < 1.29 is 4.79 Å². The Labute approximate surface area is 135 Å². The lowest BCUT2D eigenvalue weighted by atomic mass is 10.0. The Kier molecular flexibility index (Phi) is 7.67. The number of amides is 1. The Morgan fingerprint density at radius 3 is 2.77 bits per heavy atom. The molecule has 0 fully saturated rings. The van der Waals surface area contributed by atoms with Crippen LogP contribution in [0.1, 0.15) is 45.6 Å². The molecule has 0 aliphatic carbocycles. The number of rotatable bonds is 8. The third kappa shape index (κ3) is 6.76. The number of thioether (sulfide) groups is 1. The first-order valence-corrected chi connectivity index (χ1v) is 8.35. The van der Waals surface area contributed by atoms with Crippen LogP contribution in [0.15, 0.2) is 11.4 Å². The molecule has 6 nitrogen and oxygen atoms in total. The smallest absolute Gasteiger partial charge is 0.230 e. The molecular weight excluding hydrogens is 298 g/mol. The molecule has 1 heterocycles. The first-order chi connectivity index (χ1) is 10.4. The second kappa shape index (κ2) is 9.26. The molecule has 7 heteroatoms. The van der Waals surface area contributed by atoms with Gasteiger partial charge in [0.2, 0.25) is 5.91 Å². The van der Waals surface area contributed by atoms with E-state index in [1.54, 1.807) is 0 Å². The summed E-state index contributed by atoms with van der Waals surface area (Å²) in [6.07, 6.45) is 4.64. The SMILES string of the molecule is CC(C)CCC[C@H](C)NC(=O)CSc1ncc(C#N)c(N)n1. The molecule has 1 aromatic rings. The van der Waals surface area contributed by atoms with Crippen LogP contribution in [-0.4, -0.2) is 27.7 Å². The summed E-state index contributed by atoms with van der Waals surface area (Å²) in [5.41, 5.74) is 5.85. The zero-order valence-corrected chi connectivity index (χ0v) is 14.1. The maximum Gasteiger partial charge on any atom is 0.230 e. The average molecular weight is 321 g/mol. The minimum atomic E-state index is -0.0476. The molecular formula is C15H23N5OS. The molecule has 0 aliphatic rings. The second-order valence-electron chi connectivity index (χ2n) is 5.65. The number of nitrogens with zero attached hydrogens (tertiary/aromatic N) is 3. The van der Waals surface area contributed by atoms with E-state index in [4.69, 9.17) is 11.0 Å². The van der Waals surface area contributed by atoms with E-state index in [1.807, 2.05) is 13.0 Å². The van der Waals surface area contributed by atoms with Crippen molar-refractivity contribution in [2.24, 2.45) is 5.92 Å². The van der Waals surface area contributed by atoms with Crippen molar-refractivity contribution in [1.29, 1.82) is 5.26 Å². The van der Waals surface area contributed by atoms with Crippen molar-refractivity contribution in [3.8, 4) is 6.07 Å². The predicted octanol–water partition coefficient (Wildman–Crippen LogP) is 2.35. The van der Waals surface area contributed by atoms with Gasteiger partial charge in [-0.25, -0.2) is 9.97 Å². The van der Waals surface area contributed by atoms with Crippen molar-refractivity contribution >= 4 is 23.5 Å². The number of nitrogens with two attached hydrogens (primary N) is 1. The van der Waals surface area contributed by atoms with Crippen molar-refractivity contribution in [1.82, 2.24) is 15.3 Å². The molecule has 0 unspecified atom stereocenters. The molecule has 120 valence electrons. The van der Waals surface area contributed by atoms with Crippen molar-refractivity contribution in [2.75, 3.05) is 11.5 Å². The molecule has 3 N–H and O–H groups in total. The molecule has 1 atom stereocenters. The average Bonchev–Trinajstić information content (AvgIpc) is 2.44. The maximum atomic E-state index is 11.9. The third-order valence-corrected chi connectivity index (χ3v) is 3.94. The molecule has 0 spiro atoms. The highest BCUT2D eigenvalue weighted by Gasteiger charge is 2.10. The van der Waals surface area contributed by atoms with Crippen LogP contribution < -0.4 is 11.1 Å². The van der Waals surface area contributed by atoms with Crippen LogP contribution in [0.5, 0.6) is 0 Å². The standard InChI is InChI=1S/C15H23N5OS/c1-10(2)5-4-6-11(3)19-13(21)9-22-15-18-8-12(7-16)14(17)20-15/h8,10-11H,4-6,9H2,1-3H3,(H,19,21)(H2,17,18,20)/t11-/m0/s1. The van der Waals surface area contributed by atoms with Crippen LogP contribution in [0, 0.1) is 17.2 Å². The zero-order valence-electron chi connectivity index (χ0n) is 13.3. The van der Waals surface area contributed by atoms with Gasteiger partial charge in [-0.3, -0.25) is 4.79 Å². The zero-order chi connectivity index (χ0) is 16.5. The quantitative estimate of drug-likeness (QED) is 0.562. The summed E-state index contributed by atoms with van der Waals surface area (Å²) in [5, 5.41) is 12.1. The van der Waals surface area contributed by atoms with Gasteiger partial charge >= 0.3 is 0 Å². The predicted molar refractivity (Wildman–Crippen MR) is 88.2 cm³/mol. The highest BCUT2D eigenvalue weighted by atomic mass is 32.2. The van der Waals surface area contributed by atoms with Gasteiger partial charge in [0, 0.05) is 6.04 Å². The Hall–Kier alpha value is -1.81. The first-order valence-electron chi connectivity index (χ1n) is 7.37. The molecule has 0 radical (unpaired) electrons. The topological polar surface area (TPSA) is 105 Å². The lowest BCUT2D eigenvalue weighted by Gasteiger charge is -2.14. The highest BCUT2D eigenvalue weighted by molar-refractivity contribution is 7.99. The number of aromatic nitrogens is 2. The number of hydrogen-bond acceptors (Lipinski definition) is 6. The number of hydrogen-bond donors (Lipinski definition) is 2. The molecule has 22 heavy (non-hydrogen) atoms. The van der Waals surface area contributed by atoms with Crippen LogP contribution in [-0.2, 0) is 4.79 Å². The van der Waals surface area contributed by atoms with Gasteiger partial charge in [0.25, 0.3) is 0 Å². The minimum Gasteiger partial charge on any atom is -0.382 e. The van der Waals surface area contributed by atoms with Crippen molar-refractivity contribution in [2.45, 2.75) is 51.2 Å². The summed E-state index contributed by atoms with van der Waals surface area (Å²) in [6, 6.07) is 2.07. The van der Waals surface area contributed by atoms with Gasteiger partial charge in [-0.05, 0) is 19.3 Å². The van der Waals surface area contributed by atoms with E-state index < -0.39 is 0 Å². The van der Waals surface area contributed by atoms with E-state index in [1.165, 1.54) is 24.4 Å².